The fourth-order valence-corrected chi connectivity index (χ4v) is 3.98. The normalized spacial score (nSPS) is 10.8. The van der Waals surface area contributed by atoms with Gasteiger partial charge in [-0.05, 0) is 42.3 Å². The molecule has 10 heteroatoms. The van der Waals surface area contributed by atoms with Gasteiger partial charge in [-0.1, -0.05) is 29.8 Å². The van der Waals surface area contributed by atoms with E-state index in [4.69, 9.17) is 11.6 Å². The standard InChI is InChI=1S/C27H30ClN7O2/c1-18(36)29-12-13-30-24-16-25(35-27(34-24)19-6-9-21(28)10-7-19)31-14-15-32-26(37)11-8-20-17-33-23-5-3-2-4-22(20)23/h2-7,9-10,16-17,33H,8,11-15H2,1H3,(H,29,36)(H,32,37)(H2,30,31,34,35). The van der Waals surface area contributed by atoms with Gasteiger partial charge in [0.25, 0.3) is 0 Å². The van der Waals surface area contributed by atoms with Crippen LogP contribution in [0, 0.1) is 0 Å². The van der Waals surface area contributed by atoms with E-state index in [9.17, 15) is 9.59 Å². The molecule has 2 amide bonds. The van der Waals surface area contributed by atoms with Gasteiger partial charge in [-0.25, -0.2) is 9.97 Å². The van der Waals surface area contributed by atoms with Crippen LogP contribution in [0.1, 0.15) is 18.9 Å². The molecular formula is C27H30ClN7O2. The molecule has 4 aromatic rings. The van der Waals surface area contributed by atoms with Gasteiger partial charge in [0.05, 0.1) is 0 Å². The number of benzene rings is 2. The van der Waals surface area contributed by atoms with Crippen LogP contribution in [0.3, 0.4) is 0 Å². The number of H-pyrrole nitrogens is 1. The van der Waals surface area contributed by atoms with E-state index in [0.717, 1.165) is 22.0 Å². The minimum absolute atomic E-state index is 0.00283. The van der Waals surface area contributed by atoms with Gasteiger partial charge in [0, 0.05) is 73.3 Å². The lowest BCUT2D eigenvalue weighted by atomic mass is 10.1. The first kappa shape index (κ1) is 26.0. The number of halogens is 1. The highest BCUT2D eigenvalue weighted by Crippen LogP contribution is 2.22. The maximum Gasteiger partial charge on any atom is 0.220 e. The first-order valence-corrected chi connectivity index (χ1v) is 12.5. The molecule has 2 aromatic heterocycles. The summed E-state index contributed by atoms with van der Waals surface area (Å²) in [7, 11) is 0. The first-order chi connectivity index (χ1) is 18.0. The molecule has 0 fully saturated rings. The van der Waals surface area contributed by atoms with Gasteiger partial charge < -0.3 is 26.3 Å². The molecule has 0 spiro atoms. The van der Waals surface area contributed by atoms with Crippen molar-refractivity contribution in [1.29, 1.82) is 0 Å². The van der Waals surface area contributed by atoms with E-state index in [1.165, 1.54) is 6.92 Å². The van der Waals surface area contributed by atoms with Crippen LogP contribution in [0.4, 0.5) is 11.6 Å². The highest BCUT2D eigenvalue weighted by Gasteiger charge is 2.09. The van der Waals surface area contributed by atoms with Crippen LogP contribution < -0.4 is 21.3 Å². The summed E-state index contributed by atoms with van der Waals surface area (Å²) in [4.78, 5) is 35.9. The number of carbonyl (C=O) groups is 2. The number of hydrogen-bond donors (Lipinski definition) is 5. The number of para-hydroxylation sites is 1. The Labute approximate surface area is 220 Å². The second kappa shape index (κ2) is 12.7. The summed E-state index contributed by atoms with van der Waals surface area (Å²) in [6.07, 6.45) is 3.06. The lowest BCUT2D eigenvalue weighted by molar-refractivity contribution is -0.121. The van der Waals surface area contributed by atoms with Crippen molar-refractivity contribution in [1.82, 2.24) is 25.6 Å². The third-order valence-corrected chi connectivity index (χ3v) is 5.94. The first-order valence-electron chi connectivity index (χ1n) is 12.2. The lowest BCUT2D eigenvalue weighted by Gasteiger charge is -2.12. The second-order valence-electron chi connectivity index (χ2n) is 8.51. The van der Waals surface area contributed by atoms with Crippen molar-refractivity contribution in [3.05, 3.63) is 71.4 Å². The number of carbonyl (C=O) groups excluding carboxylic acids is 2. The third kappa shape index (κ3) is 7.68. The Morgan fingerprint density at radius 1 is 0.892 bits per heavy atom. The molecule has 0 aliphatic heterocycles. The summed E-state index contributed by atoms with van der Waals surface area (Å²) in [5.41, 5.74) is 3.04. The molecule has 192 valence electrons. The van der Waals surface area contributed by atoms with Crippen LogP contribution in [0.5, 0.6) is 0 Å². The highest BCUT2D eigenvalue weighted by molar-refractivity contribution is 6.30. The van der Waals surface area contributed by atoms with Crippen molar-refractivity contribution in [2.45, 2.75) is 19.8 Å². The molecule has 0 bridgehead atoms. The molecule has 37 heavy (non-hydrogen) atoms. The number of aromatic nitrogens is 3. The van der Waals surface area contributed by atoms with Crippen molar-refractivity contribution < 1.29 is 9.59 Å². The summed E-state index contributed by atoms with van der Waals surface area (Å²) < 4.78 is 0. The van der Waals surface area contributed by atoms with E-state index in [1.807, 2.05) is 36.5 Å². The van der Waals surface area contributed by atoms with E-state index < -0.39 is 0 Å². The molecule has 0 aliphatic rings. The zero-order chi connectivity index (χ0) is 26.0. The molecular weight excluding hydrogens is 490 g/mol. The monoisotopic (exact) mass is 519 g/mol. The maximum absolute atomic E-state index is 12.4. The summed E-state index contributed by atoms with van der Waals surface area (Å²) in [5, 5.41) is 14.0. The molecule has 0 saturated heterocycles. The van der Waals surface area contributed by atoms with Crippen molar-refractivity contribution in [3.63, 3.8) is 0 Å². The Kier molecular flexibility index (Phi) is 8.93. The summed E-state index contributed by atoms with van der Waals surface area (Å²) in [6, 6.07) is 17.2. The molecule has 9 nitrogen and oxygen atoms in total. The highest BCUT2D eigenvalue weighted by atomic mass is 35.5. The zero-order valence-corrected chi connectivity index (χ0v) is 21.4. The van der Waals surface area contributed by atoms with Gasteiger partial charge in [0.2, 0.25) is 11.8 Å². The predicted molar refractivity (Wildman–Crippen MR) is 148 cm³/mol. The Morgan fingerprint density at radius 2 is 1.57 bits per heavy atom. The summed E-state index contributed by atoms with van der Waals surface area (Å²) in [5.74, 6) is 1.69. The molecule has 0 atom stereocenters. The molecule has 2 heterocycles. The number of amides is 2. The van der Waals surface area contributed by atoms with Crippen molar-refractivity contribution >= 4 is 46.0 Å². The topological polar surface area (TPSA) is 124 Å². The Bertz CT molecular complexity index is 1350. The number of hydrogen-bond acceptors (Lipinski definition) is 6. The Hall–Kier alpha value is -4.11. The average molecular weight is 520 g/mol. The number of nitrogens with zero attached hydrogens (tertiary/aromatic N) is 2. The van der Waals surface area contributed by atoms with Gasteiger partial charge in [-0.3, -0.25) is 9.59 Å². The van der Waals surface area contributed by atoms with Gasteiger partial charge in [0.1, 0.15) is 11.6 Å². The quantitative estimate of drug-likeness (QED) is 0.180. The SMILES string of the molecule is CC(=O)NCCNc1cc(NCCNC(=O)CCc2c[nH]c3ccccc23)nc(-c2ccc(Cl)cc2)n1. The minimum atomic E-state index is -0.0859. The van der Waals surface area contributed by atoms with Crippen LogP contribution in [0.15, 0.2) is 60.8 Å². The summed E-state index contributed by atoms with van der Waals surface area (Å²) >= 11 is 6.02. The third-order valence-electron chi connectivity index (χ3n) is 5.68. The Morgan fingerprint density at radius 3 is 2.27 bits per heavy atom. The smallest absolute Gasteiger partial charge is 0.220 e. The van der Waals surface area contributed by atoms with E-state index in [2.05, 4.69) is 42.3 Å². The number of fused-ring (bicyclic) bond motifs is 1. The van der Waals surface area contributed by atoms with Crippen LogP contribution in [0.2, 0.25) is 5.02 Å². The lowest BCUT2D eigenvalue weighted by Crippen LogP contribution is -2.29. The van der Waals surface area contributed by atoms with E-state index in [0.29, 0.717) is 61.5 Å². The number of nitrogens with one attached hydrogen (secondary N) is 5. The van der Waals surface area contributed by atoms with Gasteiger partial charge in [-0.2, -0.15) is 0 Å². The van der Waals surface area contributed by atoms with E-state index >= 15 is 0 Å². The zero-order valence-electron chi connectivity index (χ0n) is 20.6. The van der Waals surface area contributed by atoms with Gasteiger partial charge in [-0.15, -0.1) is 0 Å². The number of rotatable bonds is 12. The van der Waals surface area contributed by atoms with E-state index in [1.54, 1.807) is 18.2 Å². The van der Waals surface area contributed by atoms with Crippen molar-refractivity contribution in [2.75, 3.05) is 36.8 Å². The van der Waals surface area contributed by atoms with E-state index in [-0.39, 0.29) is 11.8 Å². The minimum Gasteiger partial charge on any atom is -0.368 e. The molecule has 0 unspecified atom stereocenters. The molecule has 4 rings (SSSR count). The maximum atomic E-state index is 12.4. The van der Waals surface area contributed by atoms with Crippen LogP contribution in [-0.4, -0.2) is 52.9 Å². The molecule has 5 N–H and O–H groups in total. The van der Waals surface area contributed by atoms with Crippen molar-refractivity contribution in [2.24, 2.45) is 0 Å². The fourth-order valence-electron chi connectivity index (χ4n) is 3.85. The Balaban J connectivity index is 1.30. The fraction of sp³-hybridized carbons (Fsp3) is 0.259. The van der Waals surface area contributed by atoms with Gasteiger partial charge in [0.15, 0.2) is 5.82 Å². The second-order valence-corrected chi connectivity index (χ2v) is 8.95. The van der Waals surface area contributed by atoms with Crippen molar-refractivity contribution in [3.8, 4) is 11.4 Å². The largest absolute Gasteiger partial charge is 0.368 e. The average Bonchev–Trinajstić information content (AvgIpc) is 3.31. The molecule has 0 aliphatic carbocycles. The van der Waals surface area contributed by atoms with Crippen LogP contribution in [0.25, 0.3) is 22.3 Å². The number of aromatic amines is 1. The summed E-state index contributed by atoms with van der Waals surface area (Å²) in [6.45, 7) is 3.43. The van der Waals surface area contributed by atoms with Gasteiger partial charge >= 0.3 is 0 Å². The molecule has 0 saturated carbocycles. The molecule has 0 radical (unpaired) electrons. The number of aryl methyl sites for hydroxylation is 1. The van der Waals surface area contributed by atoms with Crippen LogP contribution >= 0.6 is 11.6 Å². The predicted octanol–water partition coefficient (Wildman–Crippen LogP) is 3.99. The number of anilines is 2. The molecule has 2 aromatic carbocycles. The van der Waals surface area contributed by atoms with Crippen LogP contribution in [-0.2, 0) is 16.0 Å².